The van der Waals surface area contributed by atoms with Crippen LogP contribution in [0.25, 0.3) is 28.3 Å². The first kappa shape index (κ1) is 21.2. The van der Waals surface area contributed by atoms with Crippen LogP contribution < -0.4 is 0 Å². The number of fused-ring (bicyclic) bond motifs is 1. The maximum absolute atomic E-state index is 4.87. The summed E-state index contributed by atoms with van der Waals surface area (Å²) in [6.07, 6.45) is 8.56. The predicted molar refractivity (Wildman–Crippen MR) is 139 cm³/mol. The molecule has 3 heterocycles. The molecule has 35 heavy (non-hydrogen) atoms. The number of rotatable bonds is 5. The Morgan fingerprint density at radius 1 is 0.743 bits per heavy atom. The van der Waals surface area contributed by atoms with Crippen molar-refractivity contribution < 1.29 is 0 Å². The van der Waals surface area contributed by atoms with Gasteiger partial charge in [-0.15, -0.1) is 10.2 Å². The van der Waals surface area contributed by atoms with Gasteiger partial charge in [-0.3, -0.25) is 4.99 Å². The number of para-hydroxylation sites is 1. The molecule has 0 spiro atoms. The van der Waals surface area contributed by atoms with Crippen molar-refractivity contribution in [1.29, 1.82) is 0 Å². The van der Waals surface area contributed by atoms with E-state index in [4.69, 9.17) is 10.1 Å². The van der Waals surface area contributed by atoms with Crippen molar-refractivity contribution in [2.75, 3.05) is 0 Å². The van der Waals surface area contributed by atoms with Crippen molar-refractivity contribution in [2.24, 2.45) is 4.99 Å². The van der Waals surface area contributed by atoms with Crippen LogP contribution in [0.4, 0.5) is 5.69 Å². The van der Waals surface area contributed by atoms with Gasteiger partial charge in [-0.1, -0.05) is 55.0 Å². The highest BCUT2D eigenvalue weighted by Crippen LogP contribution is 2.26. The highest BCUT2D eigenvalue weighted by Gasteiger charge is 2.16. The molecule has 0 aliphatic carbocycles. The van der Waals surface area contributed by atoms with Crippen molar-refractivity contribution in [3.63, 3.8) is 0 Å². The van der Waals surface area contributed by atoms with Crippen LogP contribution in [0.3, 0.4) is 0 Å². The normalized spacial score (nSPS) is 13.6. The summed E-state index contributed by atoms with van der Waals surface area (Å²) in [5.74, 6) is 2.05. The van der Waals surface area contributed by atoms with Crippen molar-refractivity contribution in [3.8, 4) is 28.3 Å². The van der Waals surface area contributed by atoms with E-state index < -0.39 is 0 Å². The third kappa shape index (κ3) is 4.43. The van der Waals surface area contributed by atoms with Gasteiger partial charge in [0.25, 0.3) is 0 Å². The van der Waals surface area contributed by atoms with E-state index in [1.54, 1.807) is 0 Å². The van der Waals surface area contributed by atoms with Crippen molar-refractivity contribution in [3.05, 3.63) is 103 Å². The molecule has 1 aliphatic rings. The van der Waals surface area contributed by atoms with Crippen LogP contribution in [0.2, 0.25) is 0 Å². The molecule has 0 saturated heterocycles. The number of hydrogen-bond donors (Lipinski definition) is 0. The molecule has 0 fully saturated rings. The standard InChI is InChI=1S/C29H26N6/c1-4-10-22(11-5-1)28-24(21-35(33-28)26-12-6-2-7-13-26)20-30-25-17-15-23(16-18-25)29-32-31-27-14-8-3-9-19-34(27)29/h1-2,4-7,10-13,15-18,20-21H,3,8-9,14,19H2. The van der Waals surface area contributed by atoms with E-state index in [0.717, 1.165) is 58.4 Å². The molecule has 6 nitrogen and oxygen atoms in total. The van der Waals surface area contributed by atoms with Crippen molar-refractivity contribution in [2.45, 2.75) is 32.2 Å². The molecule has 0 saturated carbocycles. The topological polar surface area (TPSA) is 60.9 Å². The number of aliphatic imine (C=N–C) groups is 1. The second-order valence-corrected chi connectivity index (χ2v) is 8.79. The molecule has 172 valence electrons. The van der Waals surface area contributed by atoms with Gasteiger partial charge in [-0.05, 0) is 49.2 Å². The molecule has 0 bridgehead atoms. The first-order chi connectivity index (χ1) is 17.3. The van der Waals surface area contributed by atoms with Gasteiger partial charge in [-0.25, -0.2) is 4.68 Å². The lowest BCUT2D eigenvalue weighted by molar-refractivity contribution is 0.636. The summed E-state index contributed by atoms with van der Waals surface area (Å²) < 4.78 is 4.18. The largest absolute Gasteiger partial charge is 0.311 e. The fraction of sp³-hybridized carbons (Fsp3) is 0.172. The highest BCUT2D eigenvalue weighted by molar-refractivity contribution is 5.90. The quantitative estimate of drug-likeness (QED) is 0.291. The predicted octanol–water partition coefficient (Wildman–Crippen LogP) is 6.27. The molecule has 0 atom stereocenters. The molecule has 6 heteroatoms. The fourth-order valence-corrected chi connectivity index (χ4v) is 4.55. The van der Waals surface area contributed by atoms with Gasteiger partial charge in [-0.2, -0.15) is 5.10 Å². The second kappa shape index (κ2) is 9.50. The minimum atomic E-state index is 0.885. The van der Waals surface area contributed by atoms with Crippen LogP contribution in [0.15, 0.2) is 96.1 Å². The molecule has 0 radical (unpaired) electrons. The molecule has 0 N–H and O–H groups in total. The van der Waals surface area contributed by atoms with Gasteiger partial charge >= 0.3 is 0 Å². The zero-order valence-electron chi connectivity index (χ0n) is 19.5. The zero-order valence-corrected chi connectivity index (χ0v) is 19.5. The van der Waals surface area contributed by atoms with Crippen LogP contribution in [0.5, 0.6) is 0 Å². The smallest absolute Gasteiger partial charge is 0.163 e. The number of aryl methyl sites for hydroxylation is 1. The van der Waals surface area contributed by atoms with E-state index in [2.05, 4.69) is 39.0 Å². The van der Waals surface area contributed by atoms with Crippen LogP contribution >= 0.6 is 0 Å². The molecule has 0 amide bonds. The molecule has 2 aromatic heterocycles. The SMILES string of the molecule is C(=Nc1ccc(-c2nnc3n2CCCCC3)cc1)c1cn(-c2ccccc2)nc1-c1ccccc1. The summed E-state index contributed by atoms with van der Waals surface area (Å²) in [4.78, 5) is 4.77. The lowest BCUT2D eigenvalue weighted by Gasteiger charge is -2.07. The Kier molecular flexibility index (Phi) is 5.77. The molecule has 3 aromatic carbocycles. The molecule has 0 unspecified atom stereocenters. The van der Waals surface area contributed by atoms with E-state index in [1.807, 2.05) is 77.8 Å². The molecular weight excluding hydrogens is 432 g/mol. The highest BCUT2D eigenvalue weighted by atomic mass is 15.3. The van der Waals surface area contributed by atoms with Gasteiger partial charge < -0.3 is 4.57 Å². The maximum atomic E-state index is 4.87. The molecule has 6 rings (SSSR count). The minimum absolute atomic E-state index is 0.885. The number of aromatic nitrogens is 5. The molecular formula is C29H26N6. The van der Waals surface area contributed by atoms with E-state index in [-0.39, 0.29) is 0 Å². The monoisotopic (exact) mass is 458 g/mol. The van der Waals surface area contributed by atoms with Crippen LogP contribution in [-0.4, -0.2) is 30.8 Å². The van der Waals surface area contributed by atoms with Gasteiger partial charge in [0.2, 0.25) is 0 Å². The summed E-state index contributed by atoms with van der Waals surface area (Å²) in [6, 6.07) is 28.6. The Balaban J connectivity index is 1.30. The Morgan fingerprint density at radius 2 is 1.51 bits per heavy atom. The Morgan fingerprint density at radius 3 is 2.31 bits per heavy atom. The van der Waals surface area contributed by atoms with E-state index >= 15 is 0 Å². The third-order valence-electron chi connectivity index (χ3n) is 6.40. The van der Waals surface area contributed by atoms with Gasteiger partial charge in [0, 0.05) is 42.1 Å². The zero-order chi connectivity index (χ0) is 23.5. The summed E-state index contributed by atoms with van der Waals surface area (Å²) in [6.45, 7) is 0.991. The number of benzene rings is 3. The van der Waals surface area contributed by atoms with Crippen LogP contribution in [0, 0.1) is 0 Å². The van der Waals surface area contributed by atoms with E-state index in [0.29, 0.717) is 0 Å². The number of nitrogens with zero attached hydrogens (tertiary/aromatic N) is 6. The second-order valence-electron chi connectivity index (χ2n) is 8.79. The third-order valence-corrected chi connectivity index (χ3v) is 6.40. The average Bonchev–Trinajstić information content (AvgIpc) is 3.46. The van der Waals surface area contributed by atoms with Crippen molar-refractivity contribution >= 4 is 11.9 Å². The Hall–Kier alpha value is -4.32. The van der Waals surface area contributed by atoms with Gasteiger partial charge in [0.15, 0.2) is 5.82 Å². The first-order valence-corrected chi connectivity index (χ1v) is 12.1. The summed E-state index contributed by atoms with van der Waals surface area (Å²) >= 11 is 0. The summed E-state index contributed by atoms with van der Waals surface area (Å²) in [5, 5.41) is 13.8. The average molecular weight is 459 g/mol. The summed E-state index contributed by atoms with van der Waals surface area (Å²) in [5.41, 5.74) is 5.91. The van der Waals surface area contributed by atoms with Crippen molar-refractivity contribution in [1.82, 2.24) is 24.5 Å². The lowest BCUT2D eigenvalue weighted by atomic mass is 10.1. The van der Waals surface area contributed by atoms with Gasteiger partial charge in [0.05, 0.1) is 11.4 Å². The maximum Gasteiger partial charge on any atom is 0.163 e. The minimum Gasteiger partial charge on any atom is -0.311 e. The van der Waals surface area contributed by atoms with E-state index in [9.17, 15) is 0 Å². The molecule has 1 aliphatic heterocycles. The van der Waals surface area contributed by atoms with E-state index in [1.165, 1.54) is 19.3 Å². The summed E-state index contributed by atoms with van der Waals surface area (Å²) in [7, 11) is 0. The Labute approximate surface area is 204 Å². The molecule has 5 aromatic rings. The van der Waals surface area contributed by atoms with Crippen LogP contribution in [0.1, 0.15) is 30.7 Å². The Bertz CT molecular complexity index is 1450. The fourth-order valence-electron chi connectivity index (χ4n) is 4.55. The number of hydrogen-bond acceptors (Lipinski definition) is 4. The first-order valence-electron chi connectivity index (χ1n) is 12.1. The van der Waals surface area contributed by atoms with Gasteiger partial charge in [0.1, 0.15) is 11.5 Å². The van der Waals surface area contributed by atoms with Crippen LogP contribution in [-0.2, 0) is 13.0 Å². The lowest BCUT2D eigenvalue weighted by Crippen LogP contribution is -2.02.